The van der Waals surface area contributed by atoms with Gasteiger partial charge >= 0.3 is 17.6 Å². The second-order valence-corrected chi connectivity index (χ2v) is 13.6. The van der Waals surface area contributed by atoms with Crippen LogP contribution >= 0.6 is 0 Å². The Labute approximate surface area is 196 Å². The van der Waals surface area contributed by atoms with Gasteiger partial charge in [-0.3, -0.25) is 0 Å². The minimum absolute atomic E-state index is 0.678. The van der Waals surface area contributed by atoms with Gasteiger partial charge in [0, 0.05) is 54.7 Å². The summed E-state index contributed by atoms with van der Waals surface area (Å²) in [6, 6.07) is 9.42. The third kappa shape index (κ3) is 10.3. The molecule has 186 valence electrons. The van der Waals surface area contributed by atoms with Crippen molar-refractivity contribution in [1.82, 2.24) is 0 Å². The highest BCUT2D eigenvalue weighted by Gasteiger charge is 2.37. The molecule has 1 rings (SSSR count). The van der Waals surface area contributed by atoms with Crippen LogP contribution in [0.25, 0.3) is 0 Å². The molecule has 0 saturated heterocycles. The Morgan fingerprint density at radius 3 is 1.06 bits per heavy atom. The maximum absolute atomic E-state index is 5.82. The van der Waals surface area contributed by atoms with Crippen molar-refractivity contribution >= 4 is 17.6 Å². The van der Waals surface area contributed by atoms with Crippen LogP contribution in [0.5, 0.6) is 11.5 Å². The Balaban J connectivity index is 2.15. The Kier molecular flexibility index (Phi) is 15.1. The highest BCUT2D eigenvalue weighted by atomic mass is 28.4. The van der Waals surface area contributed by atoms with Crippen molar-refractivity contribution in [3.8, 4) is 11.5 Å². The largest absolute Gasteiger partial charge is 0.500 e. The minimum atomic E-state index is -2.45. The summed E-state index contributed by atoms with van der Waals surface area (Å²) < 4.78 is 44.3. The van der Waals surface area contributed by atoms with Gasteiger partial charge in [0.1, 0.15) is 11.5 Å². The molecule has 0 N–H and O–H groups in total. The van der Waals surface area contributed by atoms with Gasteiger partial charge in [0.05, 0.1) is 13.2 Å². The van der Waals surface area contributed by atoms with Crippen LogP contribution in [-0.4, -0.2) is 73.5 Å². The summed E-state index contributed by atoms with van der Waals surface area (Å²) in [5.41, 5.74) is 0. The Morgan fingerprint density at radius 2 is 0.781 bits per heavy atom. The molecule has 8 nitrogen and oxygen atoms in total. The molecule has 0 bridgehead atoms. The molecule has 0 radical (unpaired) electrons. The summed E-state index contributed by atoms with van der Waals surface area (Å²) >= 11 is 0. The van der Waals surface area contributed by atoms with Crippen LogP contribution in [0.3, 0.4) is 0 Å². The predicted octanol–water partition coefficient (Wildman–Crippen LogP) is 4.54. The fourth-order valence-corrected chi connectivity index (χ4v) is 6.96. The topological polar surface area (TPSA) is 73.8 Å². The zero-order valence-corrected chi connectivity index (χ0v) is 22.6. The average molecular weight is 491 g/mol. The van der Waals surface area contributed by atoms with E-state index in [0.29, 0.717) is 13.2 Å². The van der Waals surface area contributed by atoms with E-state index in [1.807, 2.05) is 24.3 Å². The zero-order chi connectivity index (χ0) is 23.7. The molecule has 0 aromatic heterocycles. The van der Waals surface area contributed by atoms with E-state index >= 15 is 0 Å². The minimum Gasteiger partial charge on any atom is -0.494 e. The summed E-state index contributed by atoms with van der Waals surface area (Å²) in [7, 11) is 4.98. The summed E-state index contributed by atoms with van der Waals surface area (Å²) in [6.45, 7) is 1.36. The summed E-state index contributed by atoms with van der Waals surface area (Å²) in [6.07, 6.45) is 5.99. The van der Waals surface area contributed by atoms with Crippen LogP contribution in [-0.2, 0) is 26.6 Å². The van der Waals surface area contributed by atoms with E-state index in [9.17, 15) is 0 Å². The van der Waals surface area contributed by atoms with Gasteiger partial charge in [0.25, 0.3) is 0 Å². The van der Waals surface area contributed by atoms with Crippen molar-refractivity contribution in [1.29, 1.82) is 0 Å². The maximum Gasteiger partial charge on any atom is 0.500 e. The zero-order valence-electron chi connectivity index (χ0n) is 20.6. The molecular formula is C22H42O8Si2. The Bertz CT molecular complexity index is 512. The van der Waals surface area contributed by atoms with E-state index in [1.54, 1.807) is 42.7 Å². The number of ether oxygens (including phenoxy) is 2. The third-order valence-electron chi connectivity index (χ3n) is 5.48. The number of hydrogen-bond donors (Lipinski definition) is 0. The van der Waals surface area contributed by atoms with Crippen LogP contribution in [0.1, 0.15) is 38.5 Å². The van der Waals surface area contributed by atoms with Gasteiger partial charge in [-0.2, -0.15) is 0 Å². The van der Waals surface area contributed by atoms with Gasteiger partial charge in [-0.1, -0.05) is 12.8 Å². The summed E-state index contributed by atoms with van der Waals surface area (Å²) in [5, 5.41) is 0. The molecule has 32 heavy (non-hydrogen) atoms. The lowest BCUT2D eigenvalue weighted by molar-refractivity contribution is 0.122. The lowest BCUT2D eigenvalue weighted by atomic mass is 10.2. The van der Waals surface area contributed by atoms with E-state index in [1.165, 1.54) is 0 Å². The standard InChI is InChI=1S/C22H42O8Si2/c1-23-31(24-2,25-3)19-11-7-9-17-29-21-13-15-22(16-14-21)30-18-10-8-12-20-32(26-4,27-5)28-6/h13-16H,7-12,17-20H2,1-6H3. The normalized spacial score (nSPS) is 12.2. The van der Waals surface area contributed by atoms with Gasteiger partial charge in [-0.05, 0) is 49.9 Å². The molecule has 1 aromatic rings. The molecule has 0 amide bonds. The van der Waals surface area contributed by atoms with Crippen LogP contribution < -0.4 is 9.47 Å². The van der Waals surface area contributed by atoms with E-state index in [2.05, 4.69) is 0 Å². The fourth-order valence-electron chi connectivity index (χ4n) is 3.37. The molecule has 10 heteroatoms. The molecular weight excluding hydrogens is 448 g/mol. The number of hydrogen-bond acceptors (Lipinski definition) is 8. The van der Waals surface area contributed by atoms with E-state index < -0.39 is 17.6 Å². The van der Waals surface area contributed by atoms with Gasteiger partial charge in [-0.15, -0.1) is 0 Å². The first-order valence-corrected chi connectivity index (χ1v) is 15.1. The van der Waals surface area contributed by atoms with E-state index in [0.717, 1.165) is 62.1 Å². The highest BCUT2D eigenvalue weighted by Crippen LogP contribution is 2.21. The average Bonchev–Trinajstić information content (AvgIpc) is 2.85. The molecule has 0 atom stereocenters. The summed E-state index contributed by atoms with van der Waals surface area (Å²) in [4.78, 5) is 0. The Morgan fingerprint density at radius 1 is 0.469 bits per heavy atom. The molecule has 0 fully saturated rings. The van der Waals surface area contributed by atoms with Gasteiger partial charge in [0.15, 0.2) is 0 Å². The third-order valence-corrected chi connectivity index (χ3v) is 11.1. The van der Waals surface area contributed by atoms with Crippen LogP contribution in [0.15, 0.2) is 24.3 Å². The molecule has 0 unspecified atom stereocenters. The van der Waals surface area contributed by atoms with Crippen molar-refractivity contribution in [2.45, 2.75) is 50.6 Å². The second-order valence-electron chi connectivity index (χ2n) is 7.38. The first kappa shape index (κ1) is 29.0. The van der Waals surface area contributed by atoms with Gasteiger partial charge in [0.2, 0.25) is 0 Å². The molecule has 1 aromatic carbocycles. The first-order valence-electron chi connectivity index (χ1n) is 11.2. The van der Waals surface area contributed by atoms with Gasteiger partial charge < -0.3 is 36.0 Å². The summed E-state index contributed by atoms with van der Waals surface area (Å²) in [5.74, 6) is 1.71. The molecule has 0 spiro atoms. The van der Waals surface area contributed by atoms with Crippen molar-refractivity contribution in [3.63, 3.8) is 0 Å². The number of rotatable bonds is 20. The van der Waals surface area contributed by atoms with E-state index in [-0.39, 0.29) is 0 Å². The number of unbranched alkanes of at least 4 members (excludes halogenated alkanes) is 4. The van der Waals surface area contributed by atoms with Crippen LogP contribution in [0.2, 0.25) is 12.1 Å². The van der Waals surface area contributed by atoms with Crippen molar-refractivity contribution in [3.05, 3.63) is 24.3 Å². The second kappa shape index (κ2) is 16.6. The molecule has 0 aliphatic carbocycles. The number of benzene rings is 1. The molecule has 0 saturated carbocycles. The van der Waals surface area contributed by atoms with Crippen molar-refractivity contribution in [2.24, 2.45) is 0 Å². The lowest BCUT2D eigenvalue weighted by Gasteiger charge is -2.24. The highest BCUT2D eigenvalue weighted by molar-refractivity contribution is 6.60. The maximum atomic E-state index is 5.82. The van der Waals surface area contributed by atoms with E-state index in [4.69, 9.17) is 36.0 Å². The predicted molar refractivity (Wildman–Crippen MR) is 128 cm³/mol. The van der Waals surface area contributed by atoms with Gasteiger partial charge in [-0.25, -0.2) is 0 Å². The molecule has 0 aliphatic heterocycles. The van der Waals surface area contributed by atoms with Crippen LogP contribution in [0.4, 0.5) is 0 Å². The fraction of sp³-hybridized carbons (Fsp3) is 0.727. The van der Waals surface area contributed by atoms with Crippen LogP contribution in [0, 0.1) is 0 Å². The lowest BCUT2D eigenvalue weighted by Crippen LogP contribution is -2.42. The van der Waals surface area contributed by atoms with Crippen molar-refractivity contribution < 1.29 is 36.0 Å². The molecule has 0 heterocycles. The SMILES string of the molecule is CO[Si](CCCCCOc1ccc(OCCCCC[Si](OC)(OC)OC)cc1)(OC)OC. The molecule has 0 aliphatic rings. The first-order chi connectivity index (χ1) is 15.5. The smallest absolute Gasteiger partial charge is 0.494 e. The Hall–Kier alpha value is -0.986. The monoisotopic (exact) mass is 490 g/mol. The quantitative estimate of drug-likeness (QED) is 0.195. The van der Waals surface area contributed by atoms with Crippen molar-refractivity contribution in [2.75, 3.05) is 55.9 Å².